The van der Waals surface area contributed by atoms with Crippen LogP contribution in [0.2, 0.25) is 5.02 Å². The maximum absolute atomic E-state index is 12.4. The molecule has 0 heterocycles. The number of nitrogens with one attached hydrogen (secondary N) is 2. The van der Waals surface area contributed by atoms with Crippen LogP contribution in [-0.2, 0) is 9.53 Å². The minimum Gasteiger partial charge on any atom is -0.449 e. The Morgan fingerprint density at radius 2 is 1.93 bits per heavy atom. The molecular weight excluding hydrogens is 398 g/mol. The van der Waals surface area contributed by atoms with Crippen molar-refractivity contribution in [1.82, 2.24) is 0 Å². The molecule has 1 saturated carbocycles. The molecule has 1 amide bonds. The van der Waals surface area contributed by atoms with E-state index in [1.165, 1.54) is 19.1 Å². The summed E-state index contributed by atoms with van der Waals surface area (Å²) in [5, 5.41) is 17.5. The number of nitro groups is 1. The Morgan fingerprint density at radius 1 is 1.21 bits per heavy atom. The van der Waals surface area contributed by atoms with E-state index in [0.717, 1.165) is 24.5 Å². The summed E-state index contributed by atoms with van der Waals surface area (Å²) in [6, 6.07) is 9.34. The number of benzene rings is 2. The number of carbonyl (C=O) groups excluding carboxylic acids is 2. The maximum atomic E-state index is 12.4. The van der Waals surface area contributed by atoms with Crippen molar-refractivity contribution in [3.63, 3.8) is 0 Å². The Morgan fingerprint density at radius 3 is 2.59 bits per heavy atom. The van der Waals surface area contributed by atoms with E-state index in [-0.39, 0.29) is 17.3 Å². The van der Waals surface area contributed by atoms with Crippen LogP contribution in [0, 0.1) is 17.0 Å². The Hall–Kier alpha value is -3.13. The van der Waals surface area contributed by atoms with Gasteiger partial charge in [0.15, 0.2) is 6.10 Å². The number of amides is 1. The van der Waals surface area contributed by atoms with Crippen molar-refractivity contribution in [2.24, 2.45) is 0 Å². The lowest BCUT2D eigenvalue weighted by Gasteiger charge is -2.15. The number of rotatable bonds is 7. The van der Waals surface area contributed by atoms with Crippen LogP contribution in [-0.4, -0.2) is 28.9 Å². The number of anilines is 2. The van der Waals surface area contributed by atoms with E-state index in [1.54, 1.807) is 25.1 Å². The Bertz CT molecular complexity index is 975. The molecule has 29 heavy (non-hydrogen) atoms. The zero-order valence-electron chi connectivity index (χ0n) is 15.9. The summed E-state index contributed by atoms with van der Waals surface area (Å²) in [6.45, 7) is 3.23. The number of hydrogen-bond donors (Lipinski definition) is 2. The van der Waals surface area contributed by atoms with Crippen molar-refractivity contribution in [1.29, 1.82) is 0 Å². The molecule has 0 aromatic heterocycles. The number of esters is 1. The molecule has 152 valence electrons. The molecule has 2 aromatic rings. The molecule has 0 unspecified atom stereocenters. The molecule has 0 aliphatic heterocycles. The van der Waals surface area contributed by atoms with E-state index in [4.69, 9.17) is 16.3 Å². The Labute approximate surface area is 172 Å². The van der Waals surface area contributed by atoms with Gasteiger partial charge in [-0.3, -0.25) is 14.9 Å². The average Bonchev–Trinajstić information content (AvgIpc) is 3.48. The van der Waals surface area contributed by atoms with Gasteiger partial charge in [-0.05, 0) is 56.5 Å². The van der Waals surface area contributed by atoms with Crippen LogP contribution < -0.4 is 10.6 Å². The summed E-state index contributed by atoms with van der Waals surface area (Å²) >= 11 is 5.94. The van der Waals surface area contributed by atoms with Crippen LogP contribution in [0.1, 0.15) is 35.7 Å². The molecule has 0 radical (unpaired) electrons. The summed E-state index contributed by atoms with van der Waals surface area (Å²) in [4.78, 5) is 35.5. The van der Waals surface area contributed by atoms with Crippen LogP contribution in [0.15, 0.2) is 36.4 Å². The number of nitrogens with zero attached hydrogens (tertiary/aromatic N) is 1. The van der Waals surface area contributed by atoms with Crippen molar-refractivity contribution in [3.05, 3.63) is 62.7 Å². The summed E-state index contributed by atoms with van der Waals surface area (Å²) in [7, 11) is 0. The van der Waals surface area contributed by atoms with Gasteiger partial charge in [0.25, 0.3) is 11.6 Å². The quantitative estimate of drug-likeness (QED) is 0.394. The maximum Gasteiger partial charge on any atom is 0.339 e. The number of ether oxygens (including phenoxy) is 1. The first-order chi connectivity index (χ1) is 13.7. The molecule has 8 nitrogen and oxygen atoms in total. The second-order valence-electron chi connectivity index (χ2n) is 6.90. The third kappa shape index (κ3) is 5.23. The fourth-order valence-corrected chi connectivity index (χ4v) is 2.80. The number of hydrogen-bond acceptors (Lipinski definition) is 6. The van der Waals surface area contributed by atoms with E-state index >= 15 is 0 Å². The molecule has 2 aromatic carbocycles. The van der Waals surface area contributed by atoms with E-state index < -0.39 is 22.9 Å². The van der Waals surface area contributed by atoms with Gasteiger partial charge in [-0.25, -0.2) is 4.79 Å². The average molecular weight is 418 g/mol. The fraction of sp³-hybridized carbons (Fsp3) is 0.300. The van der Waals surface area contributed by atoms with Crippen LogP contribution in [0.4, 0.5) is 17.1 Å². The molecule has 1 fully saturated rings. The molecule has 2 N–H and O–H groups in total. The highest BCUT2D eigenvalue weighted by atomic mass is 35.5. The number of carbonyl (C=O) groups is 2. The Balaban J connectivity index is 1.68. The van der Waals surface area contributed by atoms with Crippen LogP contribution in [0.25, 0.3) is 0 Å². The van der Waals surface area contributed by atoms with E-state index in [1.807, 2.05) is 0 Å². The van der Waals surface area contributed by atoms with Crippen LogP contribution >= 0.6 is 11.6 Å². The van der Waals surface area contributed by atoms with Gasteiger partial charge in [-0.2, -0.15) is 0 Å². The lowest BCUT2D eigenvalue weighted by atomic mass is 10.1. The second kappa shape index (κ2) is 8.48. The molecule has 1 aliphatic carbocycles. The SMILES string of the molecule is Cc1ccc(Cl)cc1NC(=O)[C@H](C)OC(=O)c1ccc(NC2CC2)c([N+](=O)[O-])c1. The topological polar surface area (TPSA) is 111 Å². The Kier molecular flexibility index (Phi) is 6.03. The van der Waals surface area contributed by atoms with Gasteiger partial charge < -0.3 is 15.4 Å². The van der Waals surface area contributed by atoms with Crippen molar-refractivity contribution in [2.45, 2.75) is 38.8 Å². The van der Waals surface area contributed by atoms with Crippen LogP contribution in [0.5, 0.6) is 0 Å². The third-order valence-electron chi connectivity index (χ3n) is 4.48. The predicted octanol–water partition coefficient (Wildman–Crippen LogP) is 4.31. The molecule has 3 rings (SSSR count). The first-order valence-electron chi connectivity index (χ1n) is 9.07. The molecule has 0 spiro atoms. The van der Waals surface area contributed by atoms with Crippen molar-refractivity contribution < 1.29 is 19.2 Å². The van der Waals surface area contributed by atoms with Gasteiger partial charge in [0.1, 0.15) is 5.69 Å². The molecule has 0 bridgehead atoms. The summed E-state index contributed by atoms with van der Waals surface area (Å²) in [5.74, 6) is -1.36. The molecule has 0 saturated heterocycles. The highest BCUT2D eigenvalue weighted by molar-refractivity contribution is 6.31. The van der Waals surface area contributed by atoms with E-state index in [0.29, 0.717) is 16.4 Å². The molecule has 1 aliphatic rings. The summed E-state index contributed by atoms with van der Waals surface area (Å²) in [5.41, 5.74) is 1.46. The van der Waals surface area contributed by atoms with Gasteiger partial charge in [0.05, 0.1) is 10.5 Å². The summed E-state index contributed by atoms with van der Waals surface area (Å²) in [6.07, 6.45) is 0.809. The fourth-order valence-electron chi connectivity index (χ4n) is 2.62. The summed E-state index contributed by atoms with van der Waals surface area (Å²) < 4.78 is 5.18. The highest BCUT2D eigenvalue weighted by Crippen LogP contribution is 2.31. The van der Waals surface area contributed by atoms with Gasteiger partial charge in [-0.1, -0.05) is 17.7 Å². The van der Waals surface area contributed by atoms with Gasteiger partial charge in [0, 0.05) is 22.8 Å². The monoisotopic (exact) mass is 417 g/mol. The van der Waals surface area contributed by atoms with Gasteiger partial charge in [-0.15, -0.1) is 0 Å². The highest BCUT2D eigenvalue weighted by Gasteiger charge is 2.26. The second-order valence-corrected chi connectivity index (χ2v) is 7.34. The van der Waals surface area contributed by atoms with Crippen molar-refractivity contribution in [2.75, 3.05) is 10.6 Å². The van der Waals surface area contributed by atoms with Crippen LogP contribution in [0.3, 0.4) is 0 Å². The first-order valence-corrected chi connectivity index (χ1v) is 9.45. The molecular formula is C20H20ClN3O5. The minimum atomic E-state index is -1.11. The smallest absolute Gasteiger partial charge is 0.339 e. The largest absolute Gasteiger partial charge is 0.449 e. The normalized spacial score (nSPS) is 14.0. The van der Waals surface area contributed by atoms with Gasteiger partial charge in [0.2, 0.25) is 0 Å². The minimum absolute atomic E-state index is 0.00312. The number of nitro benzene ring substituents is 1. The zero-order chi connectivity index (χ0) is 21.1. The van der Waals surface area contributed by atoms with E-state index in [9.17, 15) is 19.7 Å². The van der Waals surface area contributed by atoms with Crippen molar-refractivity contribution in [3.8, 4) is 0 Å². The first kappa shape index (κ1) is 20.6. The lowest BCUT2D eigenvalue weighted by Crippen LogP contribution is -2.30. The molecule has 1 atom stereocenters. The molecule has 9 heteroatoms. The standard InChI is InChI=1S/C20H20ClN3O5/c1-11-3-5-14(21)10-17(11)23-19(25)12(2)29-20(26)13-4-8-16(22-15-6-7-15)18(9-13)24(27)28/h3-5,8-10,12,15,22H,6-7H2,1-2H3,(H,23,25)/t12-/m0/s1. The van der Waals surface area contributed by atoms with E-state index in [2.05, 4.69) is 10.6 Å². The predicted molar refractivity (Wildman–Crippen MR) is 109 cm³/mol. The zero-order valence-corrected chi connectivity index (χ0v) is 16.7. The van der Waals surface area contributed by atoms with Crippen molar-refractivity contribution >= 4 is 40.5 Å². The number of halogens is 1. The third-order valence-corrected chi connectivity index (χ3v) is 4.71. The lowest BCUT2D eigenvalue weighted by molar-refractivity contribution is -0.384. The van der Waals surface area contributed by atoms with Gasteiger partial charge >= 0.3 is 5.97 Å². The number of aryl methyl sites for hydroxylation is 1.